The summed E-state index contributed by atoms with van der Waals surface area (Å²) in [5.74, 6) is -1.27. The molecule has 0 heterocycles. The number of carboxylic acids is 1. The molecule has 2 N–H and O–H groups in total. The smallest absolute Gasteiger partial charge is 0.332 e. The second-order valence-corrected chi connectivity index (χ2v) is 8.07. The first kappa shape index (κ1) is 20.0. The summed E-state index contributed by atoms with van der Waals surface area (Å²) < 4.78 is 37.3. The molecule has 9 heteroatoms. The summed E-state index contributed by atoms with van der Waals surface area (Å²) >= 11 is 0. The Morgan fingerprint density at radius 2 is 1.78 bits per heavy atom. The van der Waals surface area contributed by atoms with E-state index in [2.05, 4.69) is 4.72 Å². The molecule has 0 bridgehead atoms. The van der Waals surface area contributed by atoms with Crippen molar-refractivity contribution in [1.82, 2.24) is 4.72 Å². The van der Waals surface area contributed by atoms with Crippen LogP contribution in [0.25, 0.3) is 0 Å². The van der Waals surface area contributed by atoms with Gasteiger partial charge in [-0.2, -0.15) is 0 Å². The number of nitrogens with one attached hydrogen (secondary N) is 1. The Balaban J connectivity index is 2.86. The van der Waals surface area contributed by atoms with E-state index in [0.29, 0.717) is 4.90 Å². The number of hydrogen-bond donors (Lipinski definition) is 2. The number of aryl methyl sites for hydroxylation is 1. The van der Waals surface area contributed by atoms with E-state index in [1.165, 1.54) is 0 Å². The van der Waals surface area contributed by atoms with Crippen LogP contribution in [-0.2, 0) is 29.4 Å². The van der Waals surface area contributed by atoms with Gasteiger partial charge in [0.25, 0.3) is 0 Å². The predicted octanol–water partition coefficient (Wildman–Crippen LogP) is 2.33. The molecule has 0 amide bonds. The maximum atomic E-state index is 12.4. The van der Waals surface area contributed by atoms with E-state index in [9.17, 15) is 18.7 Å². The molecule has 0 fully saturated rings. The van der Waals surface area contributed by atoms with Crippen LogP contribution in [0.1, 0.15) is 19.4 Å². The molecule has 1 rings (SSSR count). The van der Waals surface area contributed by atoms with Crippen molar-refractivity contribution in [3.8, 4) is 0 Å². The number of aliphatic carboxylic acids is 1. The van der Waals surface area contributed by atoms with Gasteiger partial charge in [-0.05, 0) is 32.9 Å². The lowest BCUT2D eigenvalue weighted by Crippen LogP contribution is -2.41. The van der Waals surface area contributed by atoms with Gasteiger partial charge in [-0.1, -0.05) is 17.7 Å². The lowest BCUT2D eigenvalue weighted by molar-refractivity contribution is -0.138. The standard InChI is InChI=1S/C14H22NO6PS/c1-4-20-22(18,21-5-2)10-13(14(16)17)15-23(19)12-8-6-11(3)7-9-12/h6-9,13,15H,4-5,10H2,1-3H3,(H,16,17)/t13-,23?/m0/s1. The monoisotopic (exact) mass is 363 g/mol. The van der Waals surface area contributed by atoms with Gasteiger partial charge >= 0.3 is 13.6 Å². The van der Waals surface area contributed by atoms with Gasteiger partial charge in [-0.3, -0.25) is 9.36 Å². The first-order chi connectivity index (χ1) is 10.8. The van der Waals surface area contributed by atoms with Crippen molar-refractivity contribution in [3.05, 3.63) is 29.8 Å². The first-order valence-corrected chi connectivity index (χ1v) is 10.0. The third-order valence-corrected chi connectivity index (χ3v) is 6.15. The van der Waals surface area contributed by atoms with Crippen LogP contribution >= 0.6 is 7.60 Å². The minimum absolute atomic E-state index is 0.130. The van der Waals surface area contributed by atoms with Crippen LogP contribution < -0.4 is 4.72 Å². The van der Waals surface area contributed by atoms with Gasteiger partial charge < -0.3 is 14.2 Å². The van der Waals surface area contributed by atoms with Crippen molar-refractivity contribution in [2.24, 2.45) is 0 Å². The lowest BCUT2D eigenvalue weighted by Gasteiger charge is -2.21. The Labute approximate surface area is 138 Å². The SMILES string of the molecule is CCOP(=O)(C[C@H](NS(=O)c1ccc(C)cc1)C(=O)O)OCC. The number of hydrogen-bond acceptors (Lipinski definition) is 5. The molecule has 0 aliphatic heterocycles. The second-order valence-electron chi connectivity index (χ2n) is 4.72. The quantitative estimate of drug-likeness (QED) is 0.619. The molecule has 23 heavy (non-hydrogen) atoms. The third kappa shape index (κ3) is 6.53. The topological polar surface area (TPSA) is 102 Å². The fourth-order valence-corrected chi connectivity index (χ4v) is 4.64. The lowest BCUT2D eigenvalue weighted by atomic mass is 10.2. The maximum absolute atomic E-state index is 12.4. The molecule has 1 aromatic carbocycles. The Bertz CT molecular complexity index is 581. The third-order valence-electron chi connectivity index (χ3n) is 2.84. The van der Waals surface area contributed by atoms with Crippen molar-refractivity contribution in [1.29, 1.82) is 0 Å². The maximum Gasteiger partial charge on any atom is 0.332 e. The largest absolute Gasteiger partial charge is 0.480 e. The van der Waals surface area contributed by atoms with E-state index in [-0.39, 0.29) is 13.2 Å². The van der Waals surface area contributed by atoms with Crippen LogP contribution in [-0.4, -0.2) is 40.7 Å². The highest BCUT2D eigenvalue weighted by Crippen LogP contribution is 2.48. The zero-order valence-electron chi connectivity index (χ0n) is 13.4. The molecular formula is C14H22NO6PS. The minimum Gasteiger partial charge on any atom is -0.480 e. The molecule has 7 nitrogen and oxygen atoms in total. The zero-order chi connectivity index (χ0) is 17.5. The van der Waals surface area contributed by atoms with Crippen molar-refractivity contribution in [3.63, 3.8) is 0 Å². The van der Waals surface area contributed by atoms with Gasteiger partial charge in [0.2, 0.25) is 0 Å². The molecule has 0 aromatic heterocycles. The average molecular weight is 363 g/mol. The number of benzene rings is 1. The molecule has 0 spiro atoms. The van der Waals surface area contributed by atoms with Crippen molar-refractivity contribution in [2.75, 3.05) is 19.4 Å². The Kier molecular flexibility index (Phi) is 8.08. The van der Waals surface area contributed by atoms with Crippen LogP contribution in [0.4, 0.5) is 0 Å². The summed E-state index contributed by atoms with van der Waals surface area (Å²) in [7, 11) is -5.31. The van der Waals surface area contributed by atoms with E-state index < -0.39 is 36.8 Å². The highest BCUT2D eigenvalue weighted by Gasteiger charge is 2.33. The molecule has 0 radical (unpaired) electrons. The number of rotatable bonds is 10. The fourth-order valence-electron chi connectivity index (χ4n) is 1.78. The normalized spacial score (nSPS) is 14.4. The van der Waals surface area contributed by atoms with Crippen LogP contribution in [0.15, 0.2) is 29.2 Å². The first-order valence-electron chi connectivity index (χ1n) is 7.17. The number of carboxylic acid groups (broad SMARTS) is 1. The van der Waals surface area contributed by atoms with Gasteiger partial charge in [0, 0.05) is 0 Å². The summed E-state index contributed by atoms with van der Waals surface area (Å²) in [6.07, 6.45) is -0.401. The van der Waals surface area contributed by atoms with Crippen LogP contribution in [0, 0.1) is 6.92 Å². The van der Waals surface area contributed by atoms with Crippen molar-refractivity contribution >= 4 is 24.6 Å². The van der Waals surface area contributed by atoms with E-state index >= 15 is 0 Å². The van der Waals surface area contributed by atoms with E-state index in [1.54, 1.807) is 38.1 Å². The van der Waals surface area contributed by atoms with Crippen LogP contribution in [0.3, 0.4) is 0 Å². The molecule has 0 aliphatic rings. The summed E-state index contributed by atoms with van der Waals surface area (Å²) in [5.41, 5.74) is 0.998. The summed E-state index contributed by atoms with van der Waals surface area (Å²) in [4.78, 5) is 11.8. The molecule has 0 aliphatic carbocycles. The summed E-state index contributed by atoms with van der Waals surface area (Å²) in [6.45, 7) is 5.43. The van der Waals surface area contributed by atoms with Crippen molar-refractivity contribution < 1.29 is 27.7 Å². The van der Waals surface area contributed by atoms with E-state index in [4.69, 9.17) is 9.05 Å². The predicted molar refractivity (Wildman–Crippen MR) is 87.9 cm³/mol. The molecular weight excluding hydrogens is 341 g/mol. The molecule has 2 atom stereocenters. The highest BCUT2D eigenvalue weighted by atomic mass is 32.2. The number of carbonyl (C=O) groups is 1. The van der Waals surface area contributed by atoms with Gasteiger partial charge in [0.15, 0.2) is 0 Å². The Morgan fingerprint density at radius 3 is 2.22 bits per heavy atom. The second kappa shape index (κ2) is 9.30. The zero-order valence-corrected chi connectivity index (χ0v) is 15.1. The van der Waals surface area contributed by atoms with E-state index in [0.717, 1.165) is 5.56 Å². The fraction of sp³-hybridized carbons (Fsp3) is 0.500. The molecule has 0 saturated carbocycles. The van der Waals surface area contributed by atoms with Gasteiger partial charge in [-0.25, -0.2) is 8.93 Å². The van der Waals surface area contributed by atoms with Crippen LogP contribution in [0.5, 0.6) is 0 Å². The molecule has 0 saturated heterocycles. The molecule has 1 aromatic rings. The molecule has 1 unspecified atom stereocenters. The van der Waals surface area contributed by atoms with E-state index in [1.807, 2.05) is 6.92 Å². The summed E-state index contributed by atoms with van der Waals surface area (Å²) in [5, 5.41) is 9.28. The van der Waals surface area contributed by atoms with Crippen molar-refractivity contribution in [2.45, 2.75) is 31.7 Å². The minimum atomic E-state index is -3.56. The van der Waals surface area contributed by atoms with Gasteiger partial charge in [0.05, 0.1) is 24.3 Å². The van der Waals surface area contributed by atoms with Gasteiger partial charge in [-0.15, -0.1) is 0 Å². The molecule has 130 valence electrons. The Morgan fingerprint density at radius 1 is 1.26 bits per heavy atom. The van der Waals surface area contributed by atoms with Gasteiger partial charge in [0.1, 0.15) is 17.0 Å². The highest BCUT2D eigenvalue weighted by molar-refractivity contribution is 7.83. The van der Waals surface area contributed by atoms with Crippen LogP contribution in [0.2, 0.25) is 0 Å². The average Bonchev–Trinajstić information content (AvgIpc) is 2.47. The Hall–Kier alpha value is -1.05. The summed E-state index contributed by atoms with van der Waals surface area (Å²) in [6, 6.07) is 5.51.